The van der Waals surface area contributed by atoms with E-state index < -0.39 is 52.9 Å². The lowest BCUT2D eigenvalue weighted by molar-refractivity contribution is -0.157. The highest BCUT2D eigenvalue weighted by molar-refractivity contribution is 6.34. The van der Waals surface area contributed by atoms with Crippen LogP contribution in [-0.2, 0) is 19.1 Å². The number of carbonyl (C=O) groups excluding carboxylic acids is 2. The van der Waals surface area contributed by atoms with E-state index in [-0.39, 0.29) is 19.1 Å². The Morgan fingerprint density at radius 1 is 1.35 bits per heavy atom. The van der Waals surface area contributed by atoms with Crippen molar-refractivity contribution in [1.29, 1.82) is 0 Å². The third-order valence-corrected chi connectivity index (χ3v) is 8.81. The maximum Gasteiger partial charge on any atom is 0.310 e. The second-order valence-electron chi connectivity index (χ2n) is 11.0. The summed E-state index contributed by atoms with van der Waals surface area (Å²) in [7, 11) is 0. The second-order valence-corrected chi connectivity index (χ2v) is 11.4. The molecule has 1 aromatic rings. The van der Waals surface area contributed by atoms with Crippen molar-refractivity contribution in [2.45, 2.75) is 76.7 Å². The van der Waals surface area contributed by atoms with Gasteiger partial charge in [-0.15, -0.1) is 6.58 Å². The number of aliphatic carboxylic acids is 1. The van der Waals surface area contributed by atoms with Crippen LogP contribution in [0.15, 0.2) is 30.9 Å². The number of aryl methyl sites for hydroxylation is 1. The van der Waals surface area contributed by atoms with E-state index >= 15 is 0 Å². The van der Waals surface area contributed by atoms with E-state index in [9.17, 15) is 24.6 Å². The average Bonchev–Trinajstić information content (AvgIpc) is 3.45. The van der Waals surface area contributed by atoms with Gasteiger partial charge in [-0.1, -0.05) is 50.6 Å². The smallest absolute Gasteiger partial charge is 0.310 e. The van der Waals surface area contributed by atoms with Crippen molar-refractivity contribution >= 4 is 35.1 Å². The van der Waals surface area contributed by atoms with Gasteiger partial charge in [-0.05, 0) is 50.2 Å². The first-order valence-corrected chi connectivity index (χ1v) is 13.4. The van der Waals surface area contributed by atoms with Gasteiger partial charge >= 0.3 is 5.97 Å². The minimum Gasteiger partial charge on any atom is -0.481 e. The quantitative estimate of drug-likeness (QED) is 0.444. The summed E-state index contributed by atoms with van der Waals surface area (Å²) in [5, 5.41) is 21.0. The molecule has 9 heteroatoms. The first kappa shape index (κ1) is 27.6. The van der Waals surface area contributed by atoms with Gasteiger partial charge in [-0.2, -0.15) is 0 Å². The lowest BCUT2D eigenvalue weighted by Crippen LogP contribution is -2.59. The first-order valence-electron chi connectivity index (χ1n) is 13.0. The van der Waals surface area contributed by atoms with E-state index in [1.807, 2.05) is 33.8 Å². The summed E-state index contributed by atoms with van der Waals surface area (Å²) in [5.41, 5.74) is -1.02. The van der Waals surface area contributed by atoms with Crippen LogP contribution >= 0.6 is 11.6 Å². The number of halogens is 1. The number of anilines is 1. The van der Waals surface area contributed by atoms with Crippen molar-refractivity contribution in [2.75, 3.05) is 18.1 Å². The molecule has 2 bridgehead atoms. The van der Waals surface area contributed by atoms with E-state index in [2.05, 4.69) is 6.58 Å². The normalized spacial score (nSPS) is 31.1. The number of carboxylic acids is 1. The SMILES string of the molecule is C=CCN(C(=O)C1N([C@@H](CO)CC(C)C)C(=O)[C@@H]2[C@@H](C(=O)O)[C@@]3(CC)CCC12O3)c1c(C)cccc1Cl. The highest BCUT2D eigenvalue weighted by Crippen LogP contribution is 2.64. The molecule has 0 saturated carbocycles. The fourth-order valence-electron chi connectivity index (χ4n) is 7.06. The Kier molecular flexibility index (Phi) is 7.49. The summed E-state index contributed by atoms with van der Waals surface area (Å²) < 4.78 is 6.62. The van der Waals surface area contributed by atoms with Crippen molar-refractivity contribution in [3.8, 4) is 0 Å². The molecule has 202 valence electrons. The van der Waals surface area contributed by atoms with E-state index in [4.69, 9.17) is 16.3 Å². The molecule has 3 fully saturated rings. The number of hydrogen-bond donors (Lipinski definition) is 2. The average molecular weight is 533 g/mol. The topological polar surface area (TPSA) is 107 Å². The summed E-state index contributed by atoms with van der Waals surface area (Å²) in [6.07, 6.45) is 3.30. The van der Waals surface area contributed by atoms with Crippen LogP contribution in [0.1, 0.15) is 52.0 Å². The third kappa shape index (κ3) is 4.08. The van der Waals surface area contributed by atoms with Crippen molar-refractivity contribution in [3.63, 3.8) is 0 Å². The Morgan fingerprint density at radius 2 is 2.05 bits per heavy atom. The summed E-state index contributed by atoms with van der Waals surface area (Å²) in [6.45, 7) is 11.3. The third-order valence-electron chi connectivity index (χ3n) is 8.50. The number of benzene rings is 1. The van der Waals surface area contributed by atoms with Crippen molar-refractivity contribution in [1.82, 2.24) is 4.90 Å². The van der Waals surface area contributed by atoms with Gasteiger partial charge in [0.1, 0.15) is 17.6 Å². The van der Waals surface area contributed by atoms with E-state index in [0.717, 1.165) is 5.56 Å². The Labute approximate surface area is 223 Å². The molecular formula is C28H37ClN2O6. The maximum atomic E-state index is 14.6. The molecule has 6 atom stereocenters. The predicted octanol–water partition coefficient (Wildman–Crippen LogP) is 3.81. The molecule has 3 saturated heterocycles. The summed E-state index contributed by atoms with van der Waals surface area (Å²) in [6, 6.07) is 3.59. The number of hydrogen-bond acceptors (Lipinski definition) is 5. The van der Waals surface area contributed by atoms with Crippen LogP contribution in [0.5, 0.6) is 0 Å². The predicted molar refractivity (Wildman–Crippen MR) is 140 cm³/mol. The lowest BCUT2D eigenvalue weighted by Gasteiger charge is -2.40. The zero-order valence-corrected chi connectivity index (χ0v) is 22.7. The molecule has 2 N–H and O–H groups in total. The maximum absolute atomic E-state index is 14.6. The molecule has 0 aromatic heterocycles. The van der Waals surface area contributed by atoms with Crippen molar-refractivity contribution < 1.29 is 29.3 Å². The van der Waals surface area contributed by atoms with Gasteiger partial charge in [-0.3, -0.25) is 14.4 Å². The standard InChI is InChI=1S/C28H37ClN2O6/c1-6-13-30(22-17(5)9-8-10-19(22)29)25(34)23-28-12-11-27(7-2,37-28)21(26(35)36)20(28)24(33)31(23)18(15-32)14-16(3)4/h6,8-10,16,18,20-21,23,32H,1,7,11-15H2,2-5H3,(H,35,36)/t18-,20+,21+,23?,27-,28?/m1/s1. The van der Waals surface area contributed by atoms with Gasteiger partial charge in [0.15, 0.2) is 0 Å². The number of rotatable bonds is 10. The van der Waals surface area contributed by atoms with Crippen LogP contribution in [0.3, 0.4) is 0 Å². The van der Waals surface area contributed by atoms with Crippen LogP contribution in [0, 0.1) is 24.7 Å². The largest absolute Gasteiger partial charge is 0.481 e. The Bertz CT molecular complexity index is 1090. The van der Waals surface area contributed by atoms with Gasteiger partial charge in [0.25, 0.3) is 5.91 Å². The van der Waals surface area contributed by atoms with Crippen molar-refractivity contribution in [2.24, 2.45) is 17.8 Å². The second kappa shape index (κ2) is 10.0. The molecule has 3 aliphatic heterocycles. The summed E-state index contributed by atoms with van der Waals surface area (Å²) >= 11 is 6.57. The molecule has 3 aliphatic rings. The van der Waals surface area contributed by atoms with Crippen LogP contribution in [-0.4, -0.2) is 69.3 Å². The molecule has 1 spiro atoms. The number of fused-ring (bicyclic) bond motifs is 1. The van der Waals surface area contributed by atoms with Gasteiger partial charge in [0, 0.05) is 6.54 Å². The lowest BCUT2D eigenvalue weighted by atomic mass is 9.65. The Morgan fingerprint density at radius 3 is 2.59 bits per heavy atom. The highest BCUT2D eigenvalue weighted by atomic mass is 35.5. The van der Waals surface area contributed by atoms with Crippen molar-refractivity contribution in [3.05, 3.63) is 41.4 Å². The van der Waals surface area contributed by atoms with Gasteiger partial charge in [-0.25, -0.2) is 0 Å². The molecule has 1 aromatic carbocycles. The number of amides is 2. The van der Waals surface area contributed by atoms with Crippen LogP contribution < -0.4 is 4.90 Å². The van der Waals surface area contributed by atoms with E-state index in [1.54, 1.807) is 18.2 Å². The van der Waals surface area contributed by atoms with Gasteiger partial charge in [0.05, 0.1) is 34.9 Å². The summed E-state index contributed by atoms with van der Waals surface area (Å²) in [5.74, 6) is -3.88. The van der Waals surface area contributed by atoms with E-state index in [1.165, 1.54) is 9.80 Å². The van der Waals surface area contributed by atoms with Gasteiger partial charge < -0.3 is 24.7 Å². The number of carboxylic acid groups (broad SMARTS) is 1. The number of likely N-dealkylation sites (tertiary alicyclic amines) is 1. The van der Waals surface area contributed by atoms with Gasteiger partial charge in [0.2, 0.25) is 5.91 Å². The Hall–Kier alpha value is -2.42. The highest BCUT2D eigenvalue weighted by Gasteiger charge is 2.79. The molecule has 2 unspecified atom stereocenters. The minimum absolute atomic E-state index is 0.128. The molecule has 3 heterocycles. The monoisotopic (exact) mass is 532 g/mol. The molecule has 0 aliphatic carbocycles. The number of nitrogens with zero attached hydrogens (tertiary/aromatic N) is 2. The molecule has 8 nitrogen and oxygen atoms in total. The van der Waals surface area contributed by atoms with Crippen LogP contribution in [0.25, 0.3) is 0 Å². The zero-order chi connectivity index (χ0) is 27.3. The zero-order valence-electron chi connectivity index (χ0n) is 21.9. The molecule has 0 radical (unpaired) electrons. The molecule has 4 rings (SSSR count). The number of para-hydroxylation sites is 1. The number of aliphatic hydroxyl groups is 1. The molecule has 2 amide bonds. The fourth-order valence-corrected chi connectivity index (χ4v) is 7.38. The summed E-state index contributed by atoms with van der Waals surface area (Å²) in [4.78, 5) is 44.3. The molecule has 37 heavy (non-hydrogen) atoms. The Balaban J connectivity index is 1.91. The number of carbonyl (C=O) groups is 3. The molecular weight excluding hydrogens is 496 g/mol. The van der Waals surface area contributed by atoms with Crippen LogP contribution in [0.2, 0.25) is 5.02 Å². The van der Waals surface area contributed by atoms with Crippen LogP contribution in [0.4, 0.5) is 5.69 Å². The van der Waals surface area contributed by atoms with E-state index in [0.29, 0.717) is 36.4 Å². The number of ether oxygens (including phenoxy) is 1. The number of aliphatic hydroxyl groups excluding tert-OH is 1. The first-order chi connectivity index (χ1) is 17.5. The fraction of sp³-hybridized carbons (Fsp3) is 0.607. The minimum atomic E-state index is -1.30.